The van der Waals surface area contributed by atoms with Crippen LogP contribution in [0.4, 0.5) is 0 Å². The molecule has 0 aromatic heterocycles. The molecule has 0 spiro atoms. The van der Waals surface area contributed by atoms with Crippen molar-refractivity contribution < 1.29 is 4.79 Å². The van der Waals surface area contributed by atoms with E-state index in [1.165, 1.54) is 0 Å². The smallest absolute Gasteiger partial charge is 0.224 e. The number of carbonyl (C=O) groups is 1. The first-order valence-corrected chi connectivity index (χ1v) is 6.36. The molecule has 1 saturated heterocycles. The molecule has 1 atom stereocenters. The van der Waals surface area contributed by atoms with Gasteiger partial charge < -0.3 is 16.0 Å². The van der Waals surface area contributed by atoms with E-state index in [4.69, 9.17) is 5.73 Å². The van der Waals surface area contributed by atoms with Gasteiger partial charge in [-0.25, -0.2) is 0 Å². The predicted molar refractivity (Wildman–Crippen MR) is 66.1 cm³/mol. The predicted octanol–water partition coefficient (Wildman–Crippen LogP) is 0.572. The maximum absolute atomic E-state index is 11.9. The lowest BCUT2D eigenvalue weighted by molar-refractivity contribution is -0.125. The molecule has 94 valence electrons. The van der Waals surface area contributed by atoms with Crippen molar-refractivity contribution in [2.24, 2.45) is 11.7 Å². The molecule has 16 heavy (non-hydrogen) atoms. The number of nitrogens with two attached hydrogens (primary N) is 1. The number of amides is 1. The molecule has 0 aromatic rings. The fourth-order valence-electron chi connectivity index (χ4n) is 2.18. The molecule has 1 fully saturated rings. The number of rotatable bonds is 5. The second-order valence-electron chi connectivity index (χ2n) is 4.81. The molecule has 4 heteroatoms. The van der Waals surface area contributed by atoms with Gasteiger partial charge in [0.05, 0.1) is 5.92 Å². The second kappa shape index (κ2) is 6.86. The minimum Gasteiger partial charge on any atom is -0.353 e. The lowest BCUT2D eigenvalue weighted by Gasteiger charge is -2.30. The molecule has 1 amide bonds. The van der Waals surface area contributed by atoms with Gasteiger partial charge in [0.1, 0.15) is 0 Å². The molecule has 3 N–H and O–H groups in total. The van der Waals surface area contributed by atoms with Gasteiger partial charge in [-0.2, -0.15) is 0 Å². The van der Waals surface area contributed by atoms with E-state index in [1.54, 1.807) is 0 Å². The first-order chi connectivity index (χ1) is 7.67. The third-order valence-corrected chi connectivity index (χ3v) is 3.36. The van der Waals surface area contributed by atoms with Crippen molar-refractivity contribution in [3.05, 3.63) is 0 Å². The number of nitrogens with one attached hydrogen (secondary N) is 1. The van der Waals surface area contributed by atoms with Crippen LogP contribution in [0.1, 0.15) is 32.6 Å². The van der Waals surface area contributed by atoms with Crippen molar-refractivity contribution >= 4 is 5.91 Å². The summed E-state index contributed by atoms with van der Waals surface area (Å²) in [5.41, 5.74) is 5.62. The average Bonchev–Trinajstić information content (AvgIpc) is 2.29. The van der Waals surface area contributed by atoms with Crippen molar-refractivity contribution in [1.82, 2.24) is 10.2 Å². The zero-order valence-corrected chi connectivity index (χ0v) is 10.5. The molecule has 0 aliphatic carbocycles. The Morgan fingerprint density at radius 2 is 2.12 bits per heavy atom. The summed E-state index contributed by atoms with van der Waals surface area (Å²) in [6.45, 7) is 4.70. The first kappa shape index (κ1) is 13.5. The van der Waals surface area contributed by atoms with Crippen molar-refractivity contribution in [1.29, 1.82) is 0 Å². The van der Waals surface area contributed by atoms with Crippen molar-refractivity contribution in [2.75, 3.05) is 26.7 Å². The molecular formula is C12H25N3O. The molecule has 1 aliphatic rings. The van der Waals surface area contributed by atoms with Gasteiger partial charge in [0.15, 0.2) is 0 Å². The third-order valence-electron chi connectivity index (χ3n) is 3.36. The molecule has 0 aromatic carbocycles. The Hall–Kier alpha value is -0.610. The van der Waals surface area contributed by atoms with Crippen LogP contribution in [0.2, 0.25) is 0 Å². The van der Waals surface area contributed by atoms with Gasteiger partial charge in [-0.1, -0.05) is 13.3 Å². The zero-order chi connectivity index (χ0) is 12.0. The topological polar surface area (TPSA) is 58.4 Å². The third kappa shape index (κ3) is 4.10. The highest BCUT2D eigenvalue weighted by molar-refractivity contribution is 5.79. The van der Waals surface area contributed by atoms with Crippen LogP contribution in [-0.2, 0) is 4.79 Å². The summed E-state index contributed by atoms with van der Waals surface area (Å²) in [5.74, 6) is 0.156. The number of nitrogens with zero attached hydrogens (tertiary/aromatic N) is 1. The zero-order valence-electron chi connectivity index (χ0n) is 10.5. The summed E-state index contributed by atoms with van der Waals surface area (Å²) in [7, 11) is 2.12. The van der Waals surface area contributed by atoms with Crippen molar-refractivity contribution in [2.45, 2.75) is 38.6 Å². The van der Waals surface area contributed by atoms with Crippen LogP contribution in [0.3, 0.4) is 0 Å². The molecule has 1 heterocycles. The van der Waals surface area contributed by atoms with Crippen molar-refractivity contribution in [3.8, 4) is 0 Å². The largest absolute Gasteiger partial charge is 0.353 e. The van der Waals surface area contributed by atoms with Gasteiger partial charge in [-0.05, 0) is 39.4 Å². The van der Waals surface area contributed by atoms with Crippen LogP contribution in [0.5, 0.6) is 0 Å². The summed E-state index contributed by atoms with van der Waals surface area (Å²) in [4.78, 5) is 14.2. The van der Waals surface area contributed by atoms with E-state index in [0.717, 1.165) is 38.8 Å². The normalized spacial score (nSPS) is 20.7. The molecule has 0 saturated carbocycles. The quantitative estimate of drug-likeness (QED) is 0.722. The molecule has 0 radical (unpaired) electrons. The Balaban J connectivity index is 2.32. The summed E-state index contributed by atoms with van der Waals surface area (Å²) in [5, 5.41) is 3.13. The Labute approximate surface area is 98.6 Å². The first-order valence-electron chi connectivity index (χ1n) is 6.36. The van der Waals surface area contributed by atoms with E-state index in [-0.39, 0.29) is 11.8 Å². The minimum atomic E-state index is 0.00431. The van der Waals surface area contributed by atoms with E-state index in [9.17, 15) is 4.79 Å². The average molecular weight is 227 g/mol. The lowest BCUT2D eigenvalue weighted by atomic mass is 10.0. The van der Waals surface area contributed by atoms with Gasteiger partial charge in [-0.3, -0.25) is 4.79 Å². The second-order valence-corrected chi connectivity index (χ2v) is 4.81. The molecule has 1 unspecified atom stereocenters. The number of hydrogen-bond acceptors (Lipinski definition) is 3. The van der Waals surface area contributed by atoms with Gasteiger partial charge in [0.2, 0.25) is 5.91 Å². The van der Waals surface area contributed by atoms with Crippen LogP contribution in [0, 0.1) is 5.92 Å². The van der Waals surface area contributed by atoms with Crippen LogP contribution in [0.15, 0.2) is 0 Å². The van der Waals surface area contributed by atoms with E-state index < -0.39 is 0 Å². The number of piperidine rings is 1. The molecule has 4 nitrogen and oxygen atoms in total. The number of hydrogen-bond donors (Lipinski definition) is 2. The van der Waals surface area contributed by atoms with Gasteiger partial charge in [0.25, 0.3) is 0 Å². The Morgan fingerprint density at radius 1 is 1.50 bits per heavy atom. The summed E-state index contributed by atoms with van der Waals surface area (Å²) in [6, 6.07) is 0.356. The monoisotopic (exact) mass is 227 g/mol. The van der Waals surface area contributed by atoms with Gasteiger partial charge >= 0.3 is 0 Å². The number of carbonyl (C=O) groups excluding carboxylic acids is 1. The van der Waals surface area contributed by atoms with E-state index in [0.29, 0.717) is 12.6 Å². The Kier molecular flexibility index (Phi) is 5.77. The van der Waals surface area contributed by atoms with Crippen LogP contribution in [0.25, 0.3) is 0 Å². The summed E-state index contributed by atoms with van der Waals surface area (Å²) < 4.78 is 0. The van der Waals surface area contributed by atoms with Gasteiger partial charge in [0, 0.05) is 12.6 Å². The van der Waals surface area contributed by atoms with Crippen molar-refractivity contribution in [3.63, 3.8) is 0 Å². The minimum absolute atomic E-state index is 0.00431. The van der Waals surface area contributed by atoms with Crippen LogP contribution in [-0.4, -0.2) is 43.5 Å². The highest BCUT2D eigenvalue weighted by Gasteiger charge is 2.22. The maximum Gasteiger partial charge on any atom is 0.224 e. The lowest BCUT2D eigenvalue weighted by Crippen LogP contribution is -2.46. The van der Waals surface area contributed by atoms with Gasteiger partial charge in [-0.15, -0.1) is 0 Å². The molecule has 1 aliphatic heterocycles. The van der Waals surface area contributed by atoms with E-state index >= 15 is 0 Å². The van der Waals surface area contributed by atoms with Crippen LogP contribution < -0.4 is 11.1 Å². The summed E-state index contributed by atoms with van der Waals surface area (Å²) >= 11 is 0. The SMILES string of the molecule is CCCC(CN)C(=O)NC1CCN(C)CC1. The fraction of sp³-hybridized carbons (Fsp3) is 0.917. The fourth-order valence-corrected chi connectivity index (χ4v) is 2.18. The standard InChI is InChI=1S/C12H25N3O/c1-3-4-10(9-13)12(16)14-11-5-7-15(2)8-6-11/h10-11H,3-9,13H2,1-2H3,(H,14,16). The summed E-state index contributed by atoms with van der Waals surface area (Å²) in [6.07, 6.45) is 4.04. The molecule has 1 rings (SSSR count). The number of likely N-dealkylation sites (tertiary alicyclic amines) is 1. The highest BCUT2D eigenvalue weighted by Crippen LogP contribution is 2.11. The Bertz CT molecular complexity index is 212. The van der Waals surface area contributed by atoms with E-state index in [1.807, 2.05) is 0 Å². The maximum atomic E-state index is 11.9. The van der Waals surface area contributed by atoms with E-state index in [2.05, 4.69) is 24.2 Å². The Morgan fingerprint density at radius 3 is 2.62 bits per heavy atom. The molecule has 0 bridgehead atoms. The van der Waals surface area contributed by atoms with Crippen LogP contribution >= 0.6 is 0 Å². The molecular weight excluding hydrogens is 202 g/mol. The highest BCUT2D eigenvalue weighted by atomic mass is 16.1.